The van der Waals surface area contributed by atoms with Gasteiger partial charge in [-0.25, -0.2) is 4.42 Å². The molecule has 0 unspecified atom stereocenters. The number of hydrogen-bond acceptors (Lipinski definition) is 2. The van der Waals surface area contributed by atoms with Gasteiger partial charge in [-0.2, -0.15) is 0 Å². The zero-order valence-corrected chi connectivity index (χ0v) is 13.8. The van der Waals surface area contributed by atoms with E-state index in [1.54, 1.807) is 7.11 Å². The van der Waals surface area contributed by atoms with Gasteiger partial charge in [-0.05, 0) is 55.3 Å². The molecule has 0 amide bonds. The summed E-state index contributed by atoms with van der Waals surface area (Å²) in [6, 6.07) is 16.0. The Labute approximate surface area is 136 Å². The maximum absolute atomic E-state index is 6.09. The molecule has 3 nitrogen and oxygen atoms in total. The Morgan fingerprint density at radius 2 is 1.74 bits per heavy atom. The lowest BCUT2D eigenvalue weighted by atomic mass is 10.1. The van der Waals surface area contributed by atoms with Crippen LogP contribution in [0.25, 0.3) is 22.3 Å². The van der Waals surface area contributed by atoms with E-state index in [2.05, 4.69) is 19.1 Å². The van der Waals surface area contributed by atoms with Crippen LogP contribution in [0.2, 0.25) is 0 Å². The number of benzene rings is 2. The van der Waals surface area contributed by atoms with Crippen LogP contribution in [0, 0.1) is 0 Å². The van der Waals surface area contributed by atoms with Gasteiger partial charge in [0, 0.05) is 6.07 Å². The molecular weight excluding hydrogens is 288 g/mol. The van der Waals surface area contributed by atoms with Gasteiger partial charge in [-0.15, -0.1) is 0 Å². The lowest BCUT2D eigenvalue weighted by Gasteiger charge is -2.05. The minimum absolute atomic E-state index is 0.623. The first-order valence-electron chi connectivity index (χ1n) is 7.92. The highest BCUT2D eigenvalue weighted by Crippen LogP contribution is 2.34. The molecule has 0 aliphatic carbocycles. The third-order valence-electron chi connectivity index (χ3n) is 3.87. The summed E-state index contributed by atoms with van der Waals surface area (Å²) >= 11 is 0. The predicted octanol–water partition coefficient (Wildman–Crippen LogP) is 5.35. The smallest absolute Gasteiger partial charge is 0.364 e. The standard InChI is InChI=1S/C20H21O3/c1-4-14-6-11-18-17(12-14)20(22-5-2)13-19(23-18)15-7-9-16(21-3)10-8-15/h6-13H,4-5H2,1-3H3/q+1. The summed E-state index contributed by atoms with van der Waals surface area (Å²) < 4.78 is 17.1. The Balaban J connectivity index is 2.13. The summed E-state index contributed by atoms with van der Waals surface area (Å²) in [4.78, 5) is 0. The molecule has 0 saturated heterocycles. The van der Waals surface area contributed by atoms with E-state index in [9.17, 15) is 0 Å². The first-order valence-corrected chi connectivity index (χ1v) is 7.92. The van der Waals surface area contributed by atoms with Crippen molar-refractivity contribution in [1.29, 1.82) is 0 Å². The summed E-state index contributed by atoms with van der Waals surface area (Å²) in [7, 11) is 1.66. The summed E-state index contributed by atoms with van der Waals surface area (Å²) in [5.74, 6) is 2.47. The zero-order chi connectivity index (χ0) is 16.2. The van der Waals surface area contributed by atoms with Crippen molar-refractivity contribution in [2.24, 2.45) is 0 Å². The average molecular weight is 309 g/mol. The average Bonchev–Trinajstić information content (AvgIpc) is 2.61. The highest BCUT2D eigenvalue weighted by atomic mass is 16.5. The molecule has 0 fully saturated rings. The highest BCUT2D eigenvalue weighted by molar-refractivity contribution is 5.86. The van der Waals surface area contributed by atoms with Gasteiger partial charge in [0.2, 0.25) is 0 Å². The second-order valence-electron chi connectivity index (χ2n) is 5.32. The van der Waals surface area contributed by atoms with Gasteiger partial charge in [-0.1, -0.05) is 6.92 Å². The van der Waals surface area contributed by atoms with Crippen molar-refractivity contribution in [2.45, 2.75) is 20.3 Å². The molecule has 3 heteroatoms. The van der Waals surface area contributed by atoms with Crippen molar-refractivity contribution in [3.05, 3.63) is 54.1 Å². The van der Waals surface area contributed by atoms with E-state index < -0.39 is 0 Å². The van der Waals surface area contributed by atoms with Crippen molar-refractivity contribution in [3.63, 3.8) is 0 Å². The Kier molecular flexibility index (Phi) is 4.47. The van der Waals surface area contributed by atoms with E-state index >= 15 is 0 Å². The molecule has 3 aromatic rings. The Bertz CT molecular complexity index is 807. The fourth-order valence-corrected chi connectivity index (χ4v) is 2.60. The number of fused-ring (bicyclic) bond motifs is 1. The Hall–Kier alpha value is -2.55. The normalized spacial score (nSPS) is 10.7. The van der Waals surface area contributed by atoms with Crippen LogP contribution in [0.4, 0.5) is 0 Å². The quantitative estimate of drug-likeness (QED) is 0.595. The van der Waals surface area contributed by atoms with Gasteiger partial charge in [0.15, 0.2) is 0 Å². The van der Waals surface area contributed by atoms with Gasteiger partial charge >= 0.3 is 11.3 Å². The van der Waals surface area contributed by atoms with E-state index in [0.29, 0.717) is 6.61 Å². The van der Waals surface area contributed by atoms with Crippen LogP contribution in [0.15, 0.2) is 52.9 Å². The molecule has 0 radical (unpaired) electrons. The predicted molar refractivity (Wildman–Crippen MR) is 93.2 cm³/mol. The SMILES string of the molecule is CCOc1cc(-c2ccc(OC)cc2)[o+]c2ccc(CC)cc12. The molecule has 0 spiro atoms. The van der Waals surface area contributed by atoms with Crippen LogP contribution in [-0.4, -0.2) is 13.7 Å². The maximum atomic E-state index is 6.09. The third-order valence-corrected chi connectivity index (χ3v) is 3.87. The second kappa shape index (κ2) is 6.69. The number of methoxy groups -OCH3 is 1. The molecule has 2 aromatic carbocycles. The van der Waals surface area contributed by atoms with E-state index in [1.165, 1.54) is 5.56 Å². The van der Waals surface area contributed by atoms with Gasteiger partial charge in [-0.3, -0.25) is 0 Å². The summed E-state index contributed by atoms with van der Waals surface area (Å²) in [6.07, 6.45) is 0.988. The van der Waals surface area contributed by atoms with E-state index in [1.807, 2.05) is 43.3 Å². The van der Waals surface area contributed by atoms with Gasteiger partial charge in [0.25, 0.3) is 0 Å². The second-order valence-corrected chi connectivity index (χ2v) is 5.32. The van der Waals surface area contributed by atoms with Crippen molar-refractivity contribution in [3.8, 4) is 22.8 Å². The van der Waals surface area contributed by atoms with Crippen LogP contribution in [0.5, 0.6) is 11.5 Å². The molecule has 0 N–H and O–H groups in total. The molecule has 0 atom stereocenters. The van der Waals surface area contributed by atoms with Crippen LogP contribution in [0.3, 0.4) is 0 Å². The van der Waals surface area contributed by atoms with Gasteiger partial charge in [0.1, 0.15) is 16.9 Å². The molecule has 0 bridgehead atoms. The van der Waals surface area contributed by atoms with E-state index in [-0.39, 0.29) is 0 Å². The van der Waals surface area contributed by atoms with Crippen molar-refractivity contribution in [2.75, 3.05) is 13.7 Å². The van der Waals surface area contributed by atoms with Crippen molar-refractivity contribution >= 4 is 11.0 Å². The molecule has 3 rings (SSSR count). The fourth-order valence-electron chi connectivity index (χ4n) is 2.60. The maximum Gasteiger partial charge on any atom is 0.364 e. The van der Waals surface area contributed by atoms with E-state index in [0.717, 1.165) is 40.2 Å². The highest BCUT2D eigenvalue weighted by Gasteiger charge is 2.20. The fraction of sp³-hybridized carbons (Fsp3) is 0.250. The first kappa shape index (κ1) is 15.3. The molecule has 0 aliphatic rings. The topological polar surface area (TPSA) is 29.8 Å². The summed E-state index contributed by atoms with van der Waals surface area (Å²) in [5, 5.41) is 1.02. The largest absolute Gasteiger partial charge is 0.497 e. The summed E-state index contributed by atoms with van der Waals surface area (Å²) in [6.45, 7) is 4.76. The van der Waals surface area contributed by atoms with Crippen LogP contribution >= 0.6 is 0 Å². The molecule has 118 valence electrons. The molecule has 0 saturated carbocycles. The third kappa shape index (κ3) is 3.14. The number of ether oxygens (including phenoxy) is 2. The molecule has 0 aliphatic heterocycles. The number of aryl methyl sites for hydroxylation is 1. The lowest BCUT2D eigenvalue weighted by molar-refractivity contribution is 0.342. The van der Waals surface area contributed by atoms with Crippen molar-refractivity contribution < 1.29 is 13.9 Å². The van der Waals surface area contributed by atoms with Gasteiger partial charge < -0.3 is 9.47 Å². The first-order chi connectivity index (χ1) is 11.2. The molecule has 23 heavy (non-hydrogen) atoms. The zero-order valence-electron chi connectivity index (χ0n) is 13.8. The minimum Gasteiger partial charge on any atom is -0.497 e. The lowest BCUT2D eigenvalue weighted by Crippen LogP contribution is -1.94. The number of hydrogen-bond donors (Lipinski definition) is 0. The summed E-state index contributed by atoms with van der Waals surface area (Å²) in [5.41, 5.74) is 3.10. The van der Waals surface area contributed by atoms with E-state index in [4.69, 9.17) is 13.9 Å². The van der Waals surface area contributed by atoms with Crippen molar-refractivity contribution in [1.82, 2.24) is 0 Å². The molecule has 1 heterocycles. The minimum atomic E-state index is 0.623. The molecule has 1 aromatic heterocycles. The van der Waals surface area contributed by atoms with Gasteiger partial charge in [0.05, 0.1) is 25.3 Å². The monoisotopic (exact) mass is 309 g/mol. The number of rotatable bonds is 5. The van der Waals surface area contributed by atoms with Crippen LogP contribution in [-0.2, 0) is 6.42 Å². The van der Waals surface area contributed by atoms with Crippen LogP contribution in [0.1, 0.15) is 19.4 Å². The Morgan fingerprint density at radius 3 is 2.39 bits per heavy atom. The van der Waals surface area contributed by atoms with Crippen LogP contribution < -0.4 is 9.47 Å². The Morgan fingerprint density at radius 1 is 0.957 bits per heavy atom. The molecular formula is C20H21O3+.